The fourth-order valence-corrected chi connectivity index (χ4v) is 8.85. The van der Waals surface area contributed by atoms with E-state index in [-0.39, 0.29) is 9.79 Å². The van der Waals surface area contributed by atoms with E-state index in [1.807, 2.05) is 29.5 Å². The van der Waals surface area contributed by atoms with Crippen LogP contribution in [0.25, 0.3) is 0 Å². The Kier molecular flexibility index (Phi) is 8.04. The molecule has 0 aliphatic carbocycles. The van der Waals surface area contributed by atoms with Crippen LogP contribution in [0.2, 0.25) is 0 Å². The lowest BCUT2D eigenvalue weighted by molar-refractivity contribution is 0.334. The number of hydrogen-bond acceptors (Lipinski definition) is 4. The Labute approximate surface area is 180 Å². The molecule has 0 bridgehead atoms. The van der Waals surface area contributed by atoms with Crippen molar-refractivity contribution >= 4 is 42.3 Å². The van der Waals surface area contributed by atoms with Gasteiger partial charge >= 0.3 is 4.33 Å². The highest BCUT2D eigenvalue weighted by atomic mass is 127. The molecular formula is C20H24FIO4S2. The Morgan fingerprint density at radius 3 is 1.68 bits per heavy atom. The molecule has 1 atom stereocenters. The standard InChI is InChI=1S/C20H24FIO4S2/c1-2-3-6-11-17(22)16-20(21,27(23,24)18-12-7-4-8-13-18)28(25,26)19-14-9-5-10-15-19/h4-5,7-10,12-15,17H,2-3,6,11,16H2,1H3. The molecule has 2 aromatic carbocycles. The molecule has 0 spiro atoms. The number of unbranched alkanes of at least 4 members (excludes halogenated alkanes) is 2. The van der Waals surface area contributed by atoms with Crippen molar-refractivity contribution < 1.29 is 21.2 Å². The first-order valence-electron chi connectivity index (χ1n) is 9.09. The van der Waals surface area contributed by atoms with Crippen LogP contribution in [0, 0.1) is 0 Å². The van der Waals surface area contributed by atoms with Crippen LogP contribution in [0.4, 0.5) is 4.39 Å². The van der Waals surface area contributed by atoms with Crippen molar-refractivity contribution in [2.24, 2.45) is 0 Å². The molecule has 28 heavy (non-hydrogen) atoms. The molecule has 0 saturated heterocycles. The molecule has 2 aromatic rings. The summed E-state index contributed by atoms with van der Waals surface area (Å²) in [6, 6.07) is 13.9. The van der Waals surface area contributed by atoms with Gasteiger partial charge in [-0.3, -0.25) is 0 Å². The van der Waals surface area contributed by atoms with E-state index >= 15 is 4.39 Å². The highest BCUT2D eigenvalue weighted by Gasteiger charge is 2.57. The van der Waals surface area contributed by atoms with Crippen LogP contribution in [0.5, 0.6) is 0 Å². The molecule has 0 N–H and O–H groups in total. The Morgan fingerprint density at radius 2 is 1.29 bits per heavy atom. The van der Waals surface area contributed by atoms with E-state index in [4.69, 9.17) is 0 Å². The first kappa shape index (κ1) is 23.3. The van der Waals surface area contributed by atoms with Gasteiger partial charge in [-0.05, 0) is 30.7 Å². The molecule has 4 nitrogen and oxygen atoms in total. The Hall–Kier alpha value is -1.00. The fraction of sp³-hybridized carbons (Fsp3) is 0.400. The maximum atomic E-state index is 16.3. The minimum Gasteiger partial charge on any atom is -0.219 e. The van der Waals surface area contributed by atoms with E-state index < -0.39 is 34.4 Å². The van der Waals surface area contributed by atoms with Crippen molar-refractivity contribution in [3.63, 3.8) is 0 Å². The molecule has 0 aliphatic rings. The summed E-state index contributed by atoms with van der Waals surface area (Å²) < 4.78 is 65.1. The van der Waals surface area contributed by atoms with E-state index in [1.165, 1.54) is 48.5 Å². The van der Waals surface area contributed by atoms with Gasteiger partial charge in [-0.15, -0.1) is 0 Å². The molecule has 0 saturated carbocycles. The molecule has 0 fully saturated rings. The molecule has 154 valence electrons. The van der Waals surface area contributed by atoms with E-state index in [1.54, 1.807) is 12.1 Å². The molecule has 0 aliphatic heterocycles. The number of halogens is 2. The quantitative estimate of drug-likeness (QED) is 0.233. The number of sulfone groups is 2. The first-order chi connectivity index (χ1) is 13.2. The zero-order valence-corrected chi connectivity index (χ0v) is 19.4. The van der Waals surface area contributed by atoms with Crippen LogP contribution in [0.1, 0.15) is 39.0 Å². The molecule has 1 unspecified atom stereocenters. The van der Waals surface area contributed by atoms with Crippen molar-refractivity contribution in [1.29, 1.82) is 0 Å². The van der Waals surface area contributed by atoms with Gasteiger partial charge in [-0.25, -0.2) is 21.2 Å². The Bertz CT molecular complexity index is 892. The number of benzene rings is 2. The summed E-state index contributed by atoms with van der Waals surface area (Å²) in [5.41, 5.74) is 0. The summed E-state index contributed by atoms with van der Waals surface area (Å²) in [7, 11) is -9.58. The summed E-state index contributed by atoms with van der Waals surface area (Å²) >= 11 is 1.96. The summed E-state index contributed by atoms with van der Waals surface area (Å²) in [4.78, 5) is -0.677. The van der Waals surface area contributed by atoms with Crippen LogP contribution in [-0.2, 0) is 19.7 Å². The lowest BCUT2D eigenvalue weighted by Gasteiger charge is -2.27. The molecule has 2 rings (SSSR count). The second-order valence-electron chi connectivity index (χ2n) is 6.59. The number of rotatable bonds is 10. The predicted octanol–water partition coefficient (Wildman–Crippen LogP) is 5.33. The van der Waals surface area contributed by atoms with E-state index in [9.17, 15) is 16.8 Å². The summed E-state index contributed by atoms with van der Waals surface area (Å²) in [6.45, 7) is 2.03. The molecule has 0 radical (unpaired) electrons. The van der Waals surface area contributed by atoms with Gasteiger partial charge in [-0.2, -0.15) is 0 Å². The summed E-state index contributed by atoms with van der Waals surface area (Å²) in [5, 5.41) is 0. The van der Waals surface area contributed by atoms with Crippen molar-refractivity contribution in [2.75, 3.05) is 0 Å². The van der Waals surface area contributed by atoms with E-state index in [2.05, 4.69) is 0 Å². The van der Waals surface area contributed by atoms with Crippen LogP contribution >= 0.6 is 22.6 Å². The topological polar surface area (TPSA) is 68.3 Å². The number of alkyl halides is 2. The van der Waals surface area contributed by atoms with Crippen molar-refractivity contribution in [3.05, 3.63) is 60.7 Å². The van der Waals surface area contributed by atoms with Gasteiger partial charge in [0.05, 0.1) is 9.79 Å². The molecular weight excluding hydrogens is 514 g/mol. The zero-order valence-electron chi connectivity index (χ0n) is 15.6. The van der Waals surface area contributed by atoms with E-state index in [0.29, 0.717) is 6.42 Å². The average Bonchev–Trinajstić information content (AvgIpc) is 2.69. The monoisotopic (exact) mass is 538 g/mol. The maximum Gasteiger partial charge on any atom is 0.318 e. The normalized spacial score (nSPS) is 14.0. The van der Waals surface area contributed by atoms with Crippen molar-refractivity contribution in [2.45, 2.75) is 57.1 Å². The van der Waals surface area contributed by atoms with Gasteiger partial charge in [0.25, 0.3) is 0 Å². The highest BCUT2D eigenvalue weighted by molar-refractivity contribution is 14.1. The molecule has 0 heterocycles. The zero-order chi connectivity index (χ0) is 20.8. The van der Waals surface area contributed by atoms with Gasteiger partial charge < -0.3 is 0 Å². The largest absolute Gasteiger partial charge is 0.318 e. The second kappa shape index (κ2) is 9.67. The number of hydrogen-bond donors (Lipinski definition) is 0. The maximum absolute atomic E-state index is 16.3. The molecule has 0 amide bonds. The highest BCUT2D eigenvalue weighted by Crippen LogP contribution is 2.42. The second-order valence-corrected chi connectivity index (χ2v) is 12.9. The lowest BCUT2D eigenvalue weighted by Crippen LogP contribution is -2.44. The van der Waals surface area contributed by atoms with Crippen LogP contribution in [0.3, 0.4) is 0 Å². The van der Waals surface area contributed by atoms with Crippen LogP contribution < -0.4 is 0 Å². The van der Waals surface area contributed by atoms with E-state index in [0.717, 1.165) is 19.3 Å². The smallest absolute Gasteiger partial charge is 0.219 e. The first-order valence-corrected chi connectivity index (χ1v) is 13.3. The van der Waals surface area contributed by atoms with Gasteiger partial charge in [-0.1, -0.05) is 85.2 Å². The third-order valence-corrected chi connectivity index (χ3v) is 10.6. The Morgan fingerprint density at radius 1 is 0.857 bits per heavy atom. The van der Waals surface area contributed by atoms with Gasteiger partial charge in [0.1, 0.15) is 0 Å². The van der Waals surface area contributed by atoms with Crippen molar-refractivity contribution in [1.82, 2.24) is 0 Å². The van der Waals surface area contributed by atoms with Crippen molar-refractivity contribution in [3.8, 4) is 0 Å². The van der Waals surface area contributed by atoms with Gasteiger partial charge in [0, 0.05) is 10.3 Å². The minimum absolute atomic E-state index is 0.339. The predicted molar refractivity (Wildman–Crippen MR) is 118 cm³/mol. The third kappa shape index (κ3) is 4.76. The lowest BCUT2D eigenvalue weighted by atomic mass is 10.1. The SMILES string of the molecule is CCCCCC(I)CC(F)(S(=O)(=O)c1ccccc1)S(=O)(=O)c1ccccc1. The van der Waals surface area contributed by atoms with Crippen LogP contribution in [0.15, 0.2) is 70.5 Å². The minimum atomic E-state index is -4.79. The van der Waals surface area contributed by atoms with Gasteiger partial charge in [0.2, 0.25) is 19.7 Å². The fourth-order valence-electron chi connectivity index (χ4n) is 2.90. The summed E-state index contributed by atoms with van der Waals surface area (Å²) in [6.07, 6.45) is 2.61. The average molecular weight is 538 g/mol. The third-order valence-electron chi connectivity index (χ3n) is 4.50. The Balaban J connectivity index is 2.56. The molecule has 8 heteroatoms. The van der Waals surface area contributed by atoms with Crippen LogP contribution in [-0.4, -0.2) is 25.1 Å². The van der Waals surface area contributed by atoms with Gasteiger partial charge in [0.15, 0.2) is 0 Å². The summed E-state index contributed by atoms with van der Waals surface area (Å²) in [5.74, 6) is 0. The molecule has 0 aromatic heterocycles.